The summed E-state index contributed by atoms with van der Waals surface area (Å²) in [7, 11) is 0. The van der Waals surface area contributed by atoms with Gasteiger partial charge in [0.1, 0.15) is 0 Å². The monoisotopic (exact) mass is 776 g/mol. The van der Waals surface area contributed by atoms with E-state index in [4.69, 9.17) is 15.0 Å². The molecule has 0 aliphatic carbocycles. The Morgan fingerprint density at radius 1 is 0.262 bits per heavy atom. The van der Waals surface area contributed by atoms with Crippen LogP contribution in [0.1, 0.15) is 0 Å². The van der Waals surface area contributed by atoms with E-state index in [1.54, 1.807) is 0 Å². The van der Waals surface area contributed by atoms with Gasteiger partial charge in [-0.2, -0.15) is 0 Å². The zero-order valence-corrected chi connectivity index (χ0v) is 33.1. The van der Waals surface area contributed by atoms with Crippen LogP contribution in [-0.4, -0.2) is 19.5 Å². The van der Waals surface area contributed by atoms with E-state index in [1.807, 2.05) is 18.2 Å². The molecule has 0 amide bonds. The molecular weight excluding hydrogens is 741 g/mol. The molecule has 0 aliphatic rings. The second kappa shape index (κ2) is 14.3. The van der Waals surface area contributed by atoms with Gasteiger partial charge in [0.2, 0.25) is 0 Å². The molecule has 0 atom stereocenters. The van der Waals surface area contributed by atoms with Gasteiger partial charge in [-0.15, -0.1) is 0 Å². The fourth-order valence-electron chi connectivity index (χ4n) is 9.18. The number of nitrogens with zero attached hydrogens (tertiary/aromatic N) is 4. The molecule has 61 heavy (non-hydrogen) atoms. The SMILES string of the molecule is c1ccc(-c2cc(-c3ccccc3)cc(-c3nc(-c4ccccc4)nc(-c4ccc5c(c4)c4ccc6c7ccccc7c7ccccc7c6c4n5-c4ccccc4)n3)c2)cc1. The molecule has 0 unspecified atom stereocenters. The highest BCUT2D eigenvalue weighted by Crippen LogP contribution is 2.44. The van der Waals surface area contributed by atoms with Gasteiger partial charge >= 0.3 is 0 Å². The van der Waals surface area contributed by atoms with Gasteiger partial charge in [0, 0.05) is 38.5 Å². The highest BCUT2D eigenvalue weighted by molar-refractivity contribution is 6.33. The maximum absolute atomic E-state index is 5.32. The summed E-state index contributed by atoms with van der Waals surface area (Å²) in [5.74, 6) is 1.87. The van der Waals surface area contributed by atoms with Crippen molar-refractivity contribution in [1.29, 1.82) is 0 Å². The molecule has 0 saturated heterocycles. The molecule has 0 spiro atoms. The summed E-state index contributed by atoms with van der Waals surface area (Å²) in [4.78, 5) is 15.7. The number of hydrogen-bond acceptors (Lipinski definition) is 3. The molecule has 2 heterocycles. The molecule has 0 N–H and O–H groups in total. The van der Waals surface area contributed by atoms with Gasteiger partial charge in [-0.3, -0.25) is 0 Å². The second-order valence-corrected chi connectivity index (χ2v) is 15.6. The van der Waals surface area contributed by atoms with Crippen LogP contribution in [0.3, 0.4) is 0 Å². The third-order valence-electron chi connectivity index (χ3n) is 12.0. The Morgan fingerprint density at radius 2 is 0.689 bits per heavy atom. The first kappa shape index (κ1) is 34.8. The van der Waals surface area contributed by atoms with Crippen molar-refractivity contribution in [3.05, 3.63) is 218 Å². The zero-order valence-electron chi connectivity index (χ0n) is 33.1. The fraction of sp³-hybridized carbons (Fsp3) is 0. The minimum absolute atomic E-state index is 0.620. The number of fused-ring (bicyclic) bond motifs is 10. The summed E-state index contributed by atoms with van der Waals surface area (Å²) in [5.41, 5.74) is 10.7. The van der Waals surface area contributed by atoms with Gasteiger partial charge in [0.05, 0.1) is 11.0 Å². The molecule has 0 radical (unpaired) electrons. The summed E-state index contributed by atoms with van der Waals surface area (Å²) in [5, 5.41) is 9.80. The van der Waals surface area contributed by atoms with E-state index in [2.05, 4.69) is 205 Å². The minimum Gasteiger partial charge on any atom is -0.309 e. The van der Waals surface area contributed by atoms with E-state index in [0.717, 1.165) is 55.5 Å². The number of hydrogen-bond donors (Lipinski definition) is 0. The Bertz CT molecular complexity index is 3520. The molecule has 284 valence electrons. The lowest BCUT2D eigenvalue weighted by Gasteiger charge is -2.14. The molecule has 12 rings (SSSR count). The van der Waals surface area contributed by atoms with Crippen LogP contribution in [0, 0.1) is 0 Å². The van der Waals surface area contributed by atoms with Crippen LogP contribution in [0.4, 0.5) is 0 Å². The Labute approximate surface area is 352 Å². The quantitative estimate of drug-likeness (QED) is 0.158. The summed E-state index contributed by atoms with van der Waals surface area (Å²) in [6.45, 7) is 0. The summed E-state index contributed by atoms with van der Waals surface area (Å²) in [6, 6.07) is 77.5. The maximum atomic E-state index is 5.32. The van der Waals surface area contributed by atoms with Crippen LogP contribution in [-0.2, 0) is 0 Å². The van der Waals surface area contributed by atoms with Gasteiger partial charge in [0.15, 0.2) is 17.5 Å². The third-order valence-corrected chi connectivity index (χ3v) is 12.0. The fourth-order valence-corrected chi connectivity index (χ4v) is 9.18. The summed E-state index contributed by atoms with van der Waals surface area (Å²) in [6.07, 6.45) is 0. The van der Waals surface area contributed by atoms with Crippen LogP contribution >= 0.6 is 0 Å². The van der Waals surface area contributed by atoms with Crippen LogP contribution in [0.15, 0.2) is 218 Å². The van der Waals surface area contributed by atoms with E-state index in [1.165, 1.54) is 43.2 Å². The Balaban J connectivity index is 1.13. The van der Waals surface area contributed by atoms with Crippen molar-refractivity contribution < 1.29 is 0 Å². The molecule has 0 saturated carbocycles. The van der Waals surface area contributed by atoms with Crippen molar-refractivity contribution in [2.45, 2.75) is 0 Å². The number of rotatable bonds is 6. The maximum Gasteiger partial charge on any atom is 0.164 e. The molecule has 4 heteroatoms. The number of benzene rings is 10. The van der Waals surface area contributed by atoms with Crippen molar-refractivity contribution >= 4 is 54.1 Å². The predicted octanol–water partition coefficient (Wildman–Crippen LogP) is 14.8. The van der Waals surface area contributed by atoms with Crippen LogP contribution in [0.25, 0.3) is 116 Å². The van der Waals surface area contributed by atoms with E-state index in [-0.39, 0.29) is 0 Å². The van der Waals surface area contributed by atoms with E-state index >= 15 is 0 Å². The van der Waals surface area contributed by atoms with Gasteiger partial charge in [-0.25, -0.2) is 15.0 Å². The Morgan fingerprint density at radius 3 is 1.28 bits per heavy atom. The zero-order chi connectivity index (χ0) is 40.3. The third kappa shape index (κ3) is 5.88. The molecule has 0 bridgehead atoms. The first-order valence-electron chi connectivity index (χ1n) is 20.7. The molecule has 0 fully saturated rings. The standard InChI is InChI=1S/C57H36N4/c1-5-17-37(18-6-1)41-33-42(38-19-7-2-8-20-38)35-43(34-41)57-59-55(39-21-9-3-10-22-39)58-56(60-57)40-29-32-52-51(36-40)50-31-30-49-47-27-14-13-25-45(47)46-26-15-16-28-48(46)53(49)54(50)61(52)44-23-11-4-12-24-44/h1-36H. The van der Waals surface area contributed by atoms with Gasteiger partial charge in [-0.1, -0.05) is 170 Å². The molecular formula is C57H36N4. The van der Waals surface area contributed by atoms with Crippen molar-refractivity contribution in [2.75, 3.05) is 0 Å². The van der Waals surface area contributed by atoms with E-state index in [0.29, 0.717) is 17.5 Å². The average Bonchev–Trinajstić information content (AvgIpc) is 3.68. The molecule has 10 aromatic carbocycles. The first-order chi connectivity index (χ1) is 30.2. The van der Waals surface area contributed by atoms with Gasteiger partial charge in [-0.05, 0) is 97.7 Å². The van der Waals surface area contributed by atoms with Gasteiger partial charge in [0.25, 0.3) is 0 Å². The highest BCUT2D eigenvalue weighted by Gasteiger charge is 2.21. The van der Waals surface area contributed by atoms with Crippen LogP contribution in [0.2, 0.25) is 0 Å². The van der Waals surface area contributed by atoms with Crippen LogP contribution < -0.4 is 0 Å². The largest absolute Gasteiger partial charge is 0.309 e. The highest BCUT2D eigenvalue weighted by atomic mass is 15.0. The normalized spacial score (nSPS) is 11.6. The van der Waals surface area contributed by atoms with Crippen LogP contribution in [0.5, 0.6) is 0 Å². The Kier molecular flexibility index (Phi) is 8.13. The topological polar surface area (TPSA) is 43.6 Å². The lowest BCUT2D eigenvalue weighted by molar-refractivity contribution is 1.07. The molecule has 0 aliphatic heterocycles. The Hall–Kier alpha value is -8.21. The predicted molar refractivity (Wildman–Crippen MR) is 254 cm³/mol. The summed E-state index contributed by atoms with van der Waals surface area (Å²) >= 11 is 0. The molecule has 2 aromatic heterocycles. The molecule has 12 aromatic rings. The minimum atomic E-state index is 0.620. The van der Waals surface area contributed by atoms with Crippen molar-refractivity contribution in [3.8, 4) is 62.1 Å². The van der Waals surface area contributed by atoms with Crippen molar-refractivity contribution in [2.24, 2.45) is 0 Å². The second-order valence-electron chi connectivity index (χ2n) is 15.6. The van der Waals surface area contributed by atoms with Crippen molar-refractivity contribution in [1.82, 2.24) is 19.5 Å². The first-order valence-corrected chi connectivity index (χ1v) is 20.7. The number of aromatic nitrogens is 4. The average molecular weight is 777 g/mol. The lowest BCUT2D eigenvalue weighted by Crippen LogP contribution is -2.00. The van der Waals surface area contributed by atoms with Gasteiger partial charge < -0.3 is 4.57 Å². The smallest absolute Gasteiger partial charge is 0.164 e. The summed E-state index contributed by atoms with van der Waals surface area (Å²) < 4.78 is 2.44. The van der Waals surface area contributed by atoms with Crippen molar-refractivity contribution in [3.63, 3.8) is 0 Å². The molecule has 4 nitrogen and oxygen atoms in total. The van der Waals surface area contributed by atoms with E-state index < -0.39 is 0 Å². The van der Waals surface area contributed by atoms with E-state index in [9.17, 15) is 0 Å². The number of para-hydroxylation sites is 1. The lowest BCUT2D eigenvalue weighted by atomic mass is 9.93.